The first-order valence-corrected chi connectivity index (χ1v) is 8.32. The van der Waals surface area contributed by atoms with Crippen LogP contribution in [0.3, 0.4) is 0 Å². The summed E-state index contributed by atoms with van der Waals surface area (Å²) in [5.74, 6) is 0. The zero-order valence-electron chi connectivity index (χ0n) is 13.3. The topological polar surface area (TPSA) is 52.2 Å². The summed E-state index contributed by atoms with van der Waals surface area (Å²) in [7, 11) is 1.93. The molecule has 6 heteroatoms. The first-order valence-electron chi connectivity index (χ1n) is 7.94. The van der Waals surface area contributed by atoms with Crippen LogP contribution in [0.15, 0.2) is 35.3 Å². The van der Waals surface area contributed by atoms with E-state index in [0.29, 0.717) is 12.2 Å². The van der Waals surface area contributed by atoms with Gasteiger partial charge in [0.2, 0.25) is 0 Å². The second kappa shape index (κ2) is 7.04. The van der Waals surface area contributed by atoms with Crippen molar-refractivity contribution >= 4 is 23.0 Å². The molecule has 0 atom stereocenters. The second-order valence-corrected chi connectivity index (χ2v) is 6.31. The number of aromatic nitrogens is 2. The lowest BCUT2D eigenvalue weighted by atomic mass is 10.1. The van der Waals surface area contributed by atoms with Crippen LogP contribution in [0.5, 0.6) is 0 Å². The van der Waals surface area contributed by atoms with Crippen LogP contribution in [0.25, 0.3) is 0 Å². The molecule has 0 radical (unpaired) electrons. The van der Waals surface area contributed by atoms with Crippen LogP contribution in [0.1, 0.15) is 24.8 Å². The maximum absolute atomic E-state index is 11.6. The van der Waals surface area contributed by atoms with Gasteiger partial charge in [0.15, 0.2) is 0 Å². The summed E-state index contributed by atoms with van der Waals surface area (Å²) in [6, 6.07) is 8.44. The maximum Gasteiger partial charge on any atom is 0.285 e. The number of hydrogen-bond acceptors (Lipinski definition) is 4. The molecule has 1 fully saturated rings. The van der Waals surface area contributed by atoms with Gasteiger partial charge in [-0.1, -0.05) is 29.8 Å². The number of H-pyrrole nitrogens is 1. The Morgan fingerprint density at radius 2 is 2.00 bits per heavy atom. The van der Waals surface area contributed by atoms with Crippen LogP contribution >= 0.6 is 11.6 Å². The van der Waals surface area contributed by atoms with Crippen LogP contribution in [0, 0.1) is 0 Å². The van der Waals surface area contributed by atoms with E-state index in [1.54, 1.807) is 6.20 Å². The van der Waals surface area contributed by atoms with Crippen molar-refractivity contribution in [3.8, 4) is 0 Å². The lowest BCUT2D eigenvalue weighted by Crippen LogP contribution is -2.31. The molecule has 23 heavy (non-hydrogen) atoms. The normalized spacial score (nSPS) is 14.8. The third kappa shape index (κ3) is 3.50. The van der Waals surface area contributed by atoms with Crippen LogP contribution in [0.2, 0.25) is 5.02 Å². The highest BCUT2D eigenvalue weighted by Gasteiger charge is 2.16. The standard InChI is InChI=1S/C17H21ClN4O/c1-21(15-11-19-20-17(23)16(15)18)12-13-7-3-4-8-14(13)22-9-5-2-6-10-22/h3-4,7-8,11H,2,5-6,9-10,12H2,1H3,(H,20,23). The largest absolute Gasteiger partial charge is 0.371 e. The van der Waals surface area contributed by atoms with Gasteiger partial charge in [-0.3, -0.25) is 4.79 Å². The molecule has 0 aliphatic carbocycles. The number of para-hydroxylation sites is 1. The molecule has 122 valence electrons. The Kier molecular flexibility index (Phi) is 4.86. The number of benzene rings is 1. The van der Waals surface area contributed by atoms with Gasteiger partial charge >= 0.3 is 0 Å². The minimum atomic E-state index is -0.361. The van der Waals surface area contributed by atoms with Crippen molar-refractivity contribution in [3.63, 3.8) is 0 Å². The highest BCUT2D eigenvalue weighted by molar-refractivity contribution is 6.32. The molecule has 0 unspecified atom stereocenters. The lowest BCUT2D eigenvalue weighted by molar-refractivity contribution is 0.576. The Labute approximate surface area is 140 Å². The van der Waals surface area contributed by atoms with Crippen LogP contribution in [-0.2, 0) is 6.54 Å². The van der Waals surface area contributed by atoms with Crippen molar-refractivity contribution in [1.29, 1.82) is 0 Å². The molecule has 1 aromatic heterocycles. The van der Waals surface area contributed by atoms with E-state index in [2.05, 4.69) is 33.3 Å². The Morgan fingerprint density at radius 3 is 2.78 bits per heavy atom. The molecule has 0 amide bonds. The van der Waals surface area contributed by atoms with E-state index in [1.807, 2.05) is 18.0 Å². The predicted octanol–water partition coefficient (Wildman–Crippen LogP) is 3.05. The first-order chi connectivity index (χ1) is 11.2. The third-order valence-electron chi connectivity index (χ3n) is 4.28. The molecule has 2 aromatic rings. The van der Waals surface area contributed by atoms with Gasteiger partial charge in [-0.25, -0.2) is 5.10 Å². The highest BCUT2D eigenvalue weighted by Crippen LogP contribution is 2.27. The minimum absolute atomic E-state index is 0.179. The van der Waals surface area contributed by atoms with Crippen molar-refractivity contribution in [2.45, 2.75) is 25.8 Å². The molecule has 1 aliphatic rings. The molecular formula is C17H21ClN4O. The fourth-order valence-corrected chi connectivity index (χ4v) is 3.30. The molecule has 1 saturated heterocycles. The Bertz CT molecular complexity index is 725. The summed E-state index contributed by atoms with van der Waals surface area (Å²) < 4.78 is 0. The van der Waals surface area contributed by atoms with Gasteiger partial charge < -0.3 is 9.80 Å². The van der Waals surface area contributed by atoms with Crippen LogP contribution in [0.4, 0.5) is 11.4 Å². The average Bonchev–Trinajstić information content (AvgIpc) is 2.58. The minimum Gasteiger partial charge on any atom is -0.371 e. The molecular weight excluding hydrogens is 312 g/mol. The zero-order valence-corrected chi connectivity index (χ0v) is 14.0. The van der Waals surface area contributed by atoms with E-state index in [1.165, 1.54) is 30.5 Å². The lowest BCUT2D eigenvalue weighted by Gasteiger charge is -2.31. The first kappa shape index (κ1) is 15.9. The quantitative estimate of drug-likeness (QED) is 0.935. The summed E-state index contributed by atoms with van der Waals surface area (Å²) in [5, 5.41) is 6.37. The van der Waals surface area contributed by atoms with E-state index in [9.17, 15) is 4.79 Å². The molecule has 0 spiro atoms. The van der Waals surface area contributed by atoms with Gasteiger partial charge in [-0.05, 0) is 30.9 Å². The SMILES string of the molecule is CN(Cc1ccccc1N1CCCCC1)c1cn[nH]c(=O)c1Cl. The second-order valence-electron chi connectivity index (χ2n) is 5.93. The van der Waals surface area contributed by atoms with Gasteiger partial charge in [-0.2, -0.15) is 5.10 Å². The number of halogens is 1. The van der Waals surface area contributed by atoms with E-state index >= 15 is 0 Å². The van der Waals surface area contributed by atoms with Gasteiger partial charge in [0.25, 0.3) is 5.56 Å². The molecule has 1 aromatic carbocycles. The molecule has 1 N–H and O–H groups in total. The number of hydrogen-bond donors (Lipinski definition) is 1. The van der Waals surface area contributed by atoms with Crippen molar-refractivity contribution in [3.05, 3.63) is 51.4 Å². The zero-order chi connectivity index (χ0) is 16.2. The van der Waals surface area contributed by atoms with Crippen molar-refractivity contribution in [1.82, 2.24) is 10.2 Å². The summed E-state index contributed by atoms with van der Waals surface area (Å²) in [5.41, 5.74) is 2.78. The summed E-state index contributed by atoms with van der Waals surface area (Å²) in [6.45, 7) is 2.89. The molecule has 2 heterocycles. The smallest absolute Gasteiger partial charge is 0.285 e. The number of nitrogens with one attached hydrogen (secondary N) is 1. The number of aromatic amines is 1. The van der Waals surface area contributed by atoms with Gasteiger partial charge in [0.1, 0.15) is 5.02 Å². The molecule has 0 bridgehead atoms. The number of rotatable bonds is 4. The number of anilines is 2. The third-order valence-corrected chi connectivity index (χ3v) is 4.65. The van der Waals surface area contributed by atoms with Gasteiger partial charge in [0.05, 0.1) is 11.9 Å². The van der Waals surface area contributed by atoms with E-state index in [4.69, 9.17) is 11.6 Å². The summed E-state index contributed by atoms with van der Waals surface area (Å²) >= 11 is 6.11. The average molecular weight is 333 g/mol. The number of piperidine rings is 1. The van der Waals surface area contributed by atoms with Crippen molar-refractivity contribution < 1.29 is 0 Å². The molecule has 0 saturated carbocycles. The molecule has 1 aliphatic heterocycles. The van der Waals surface area contributed by atoms with Crippen molar-refractivity contribution in [2.24, 2.45) is 0 Å². The van der Waals surface area contributed by atoms with E-state index in [0.717, 1.165) is 13.1 Å². The summed E-state index contributed by atoms with van der Waals surface area (Å²) in [6.07, 6.45) is 5.39. The monoisotopic (exact) mass is 332 g/mol. The Morgan fingerprint density at radius 1 is 1.26 bits per heavy atom. The number of nitrogens with zero attached hydrogens (tertiary/aromatic N) is 3. The van der Waals surface area contributed by atoms with E-state index < -0.39 is 0 Å². The van der Waals surface area contributed by atoms with Crippen molar-refractivity contribution in [2.75, 3.05) is 29.9 Å². The van der Waals surface area contributed by atoms with Gasteiger partial charge in [0, 0.05) is 32.4 Å². The fraction of sp³-hybridized carbons (Fsp3) is 0.412. The van der Waals surface area contributed by atoms with Crippen LogP contribution in [-0.4, -0.2) is 30.3 Å². The van der Waals surface area contributed by atoms with Gasteiger partial charge in [-0.15, -0.1) is 0 Å². The fourth-order valence-electron chi connectivity index (χ4n) is 3.07. The summed E-state index contributed by atoms with van der Waals surface area (Å²) in [4.78, 5) is 16.0. The predicted molar refractivity (Wildman–Crippen MR) is 94.5 cm³/mol. The molecule has 3 rings (SSSR count). The highest BCUT2D eigenvalue weighted by atomic mass is 35.5. The van der Waals surface area contributed by atoms with E-state index in [-0.39, 0.29) is 10.6 Å². The van der Waals surface area contributed by atoms with Crippen LogP contribution < -0.4 is 15.4 Å². The molecule has 5 nitrogen and oxygen atoms in total. The Hall–Kier alpha value is -2.01. The maximum atomic E-state index is 11.6. The Balaban J connectivity index is 1.85.